The lowest BCUT2D eigenvalue weighted by atomic mass is 9.95. The van der Waals surface area contributed by atoms with E-state index in [2.05, 4.69) is 0 Å². The van der Waals surface area contributed by atoms with Crippen molar-refractivity contribution in [2.75, 3.05) is 13.1 Å². The van der Waals surface area contributed by atoms with Crippen LogP contribution in [0.5, 0.6) is 0 Å². The lowest BCUT2D eigenvalue weighted by Gasteiger charge is -2.42. The van der Waals surface area contributed by atoms with Gasteiger partial charge in [-0.3, -0.25) is 4.55 Å². The second-order valence-corrected chi connectivity index (χ2v) is 10.8. The molecule has 1 fully saturated rings. The Kier molecular flexibility index (Phi) is 7.40. The highest BCUT2D eigenvalue weighted by atomic mass is 32.2. The highest BCUT2D eigenvalue weighted by Crippen LogP contribution is 2.45. The molecule has 0 aliphatic carbocycles. The van der Waals surface area contributed by atoms with E-state index < -0.39 is 48.9 Å². The van der Waals surface area contributed by atoms with Crippen LogP contribution in [0.25, 0.3) is 0 Å². The monoisotopic (exact) mass is 405 g/mol. The number of rotatable bonds is 7. The van der Waals surface area contributed by atoms with Gasteiger partial charge in [-0.1, -0.05) is 33.1 Å². The molecule has 0 saturated carbocycles. The van der Waals surface area contributed by atoms with Crippen LogP contribution < -0.4 is 0 Å². The number of halogens is 2. The maximum atomic E-state index is 15.1. The summed E-state index contributed by atoms with van der Waals surface area (Å²) < 4.78 is 86.9. The highest BCUT2D eigenvalue weighted by molar-refractivity contribution is 7.90. The molecule has 1 aliphatic heterocycles. The van der Waals surface area contributed by atoms with Gasteiger partial charge in [-0.25, -0.2) is 21.5 Å². The van der Waals surface area contributed by atoms with Gasteiger partial charge in [0.1, 0.15) is 4.75 Å². The van der Waals surface area contributed by atoms with E-state index in [0.29, 0.717) is 12.8 Å². The van der Waals surface area contributed by atoms with Crippen LogP contribution in [0, 0.1) is 0 Å². The standard InChI is InChI=1S/C15H29F2NO5S2/c1-4-13(24(19,20)21)15(16,17)14(3,5-2)25(22,23)18-11-9-7-6-8-10-12-18/h13H,4-12H2,1-3H3,(H,19,20,21). The first-order valence-corrected chi connectivity index (χ1v) is 11.6. The van der Waals surface area contributed by atoms with Gasteiger partial charge in [-0.2, -0.15) is 8.42 Å². The van der Waals surface area contributed by atoms with E-state index >= 15 is 8.78 Å². The Bertz CT molecular complexity index is 643. The fourth-order valence-electron chi connectivity index (χ4n) is 3.33. The van der Waals surface area contributed by atoms with Crippen molar-refractivity contribution in [3.63, 3.8) is 0 Å². The predicted molar refractivity (Wildman–Crippen MR) is 92.8 cm³/mol. The number of alkyl halides is 2. The van der Waals surface area contributed by atoms with Gasteiger partial charge in [-0.15, -0.1) is 0 Å². The lowest BCUT2D eigenvalue weighted by Crippen LogP contribution is -2.62. The first-order valence-electron chi connectivity index (χ1n) is 8.70. The molecule has 1 heterocycles. The van der Waals surface area contributed by atoms with Gasteiger partial charge in [0.25, 0.3) is 16.0 Å². The van der Waals surface area contributed by atoms with Crippen LogP contribution in [0.3, 0.4) is 0 Å². The van der Waals surface area contributed by atoms with Crippen LogP contribution in [0.1, 0.15) is 65.7 Å². The zero-order chi connectivity index (χ0) is 19.5. The molecule has 1 aliphatic rings. The third-order valence-electron chi connectivity index (χ3n) is 5.24. The minimum absolute atomic E-state index is 0.149. The van der Waals surface area contributed by atoms with Crippen LogP contribution in [0.15, 0.2) is 0 Å². The normalized spacial score (nSPS) is 22.6. The first kappa shape index (κ1) is 22.7. The zero-order valence-corrected chi connectivity index (χ0v) is 16.7. The predicted octanol–water partition coefficient (Wildman–Crippen LogP) is 3.05. The molecule has 25 heavy (non-hydrogen) atoms. The summed E-state index contributed by atoms with van der Waals surface area (Å²) in [6.07, 6.45) is 2.75. The number of hydrogen-bond donors (Lipinski definition) is 1. The first-order chi connectivity index (χ1) is 11.4. The molecule has 6 nitrogen and oxygen atoms in total. The van der Waals surface area contributed by atoms with Gasteiger partial charge in [0, 0.05) is 13.1 Å². The summed E-state index contributed by atoms with van der Waals surface area (Å²) in [6.45, 7) is 3.67. The van der Waals surface area contributed by atoms with E-state index in [1.54, 1.807) is 0 Å². The molecule has 0 amide bonds. The van der Waals surface area contributed by atoms with Crippen LogP contribution in [0.2, 0.25) is 0 Å². The van der Waals surface area contributed by atoms with Crippen LogP contribution in [-0.4, -0.2) is 54.7 Å². The lowest BCUT2D eigenvalue weighted by molar-refractivity contribution is -0.0464. The zero-order valence-electron chi connectivity index (χ0n) is 15.0. The van der Waals surface area contributed by atoms with Gasteiger partial charge >= 0.3 is 0 Å². The molecular weight excluding hydrogens is 376 g/mol. The number of nitrogens with zero attached hydrogens (tertiary/aromatic N) is 1. The Morgan fingerprint density at radius 1 is 1.00 bits per heavy atom. The molecule has 1 rings (SSSR count). The SMILES string of the molecule is CCC(C(F)(F)C(C)(CC)S(=O)(=O)N1CCCCCCC1)S(=O)(=O)O. The van der Waals surface area contributed by atoms with Crippen molar-refractivity contribution in [3.8, 4) is 0 Å². The minimum atomic E-state index is -5.10. The molecule has 0 aromatic heterocycles. The molecule has 0 bridgehead atoms. The number of hydrogen-bond acceptors (Lipinski definition) is 4. The van der Waals surface area contributed by atoms with E-state index in [4.69, 9.17) is 0 Å². The summed E-state index contributed by atoms with van der Waals surface area (Å²) in [4.78, 5) is 0. The van der Waals surface area contributed by atoms with Crippen molar-refractivity contribution in [1.82, 2.24) is 4.31 Å². The molecule has 1 N–H and O–H groups in total. The van der Waals surface area contributed by atoms with Crippen molar-refractivity contribution in [3.05, 3.63) is 0 Å². The van der Waals surface area contributed by atoms with E-state index in [0.717, 1.165) is 30.5 Å². The quantitative estimate of drug-likeness (QED) is 0.657. The van der Waals surface area contributed by atoms with Gasteiger partial charge in [0.2, 0.25) is 10.0 Å². The summed E-state index contributed by atoms with van der Waals surface area (Å²) in [5.74, 6) is -4.13. The molecule has 1 saturated heterocycles. The van der Waals surface area contributed by atoms with Crippen molar-refractivity contribution in [2.45, 2.75) is 81.6 Å². The second-order valence-electron chi connectivity index (χ2n) is 6.79. The van der Waals surface area contributed by atoms with E-state index in [9.17, 15) is 21.4 Å². The van der Waals surface area contributed by atoms with Crippen LogP contribution >= 0.6 is 0 Å². The average Bonchev–Trinajstić information content (AvgIpc) is 2.43. The van der Waals surface area contributed by atoms with Crippen LogP contribution in [0.4, 0.5) is 8.78 Å². The average molecular weight is 406 g/mol. The molecule has 2 unspecified atom stereocenters. The van der Waals surface area contributed by atoms with E-state index in [1.165, 1.54) is 13.8 Å². The summed E-state index contributed by atoms with van der Waals surface area (Å²) in [5.41, 5.74) is 0. The molecule has 10 heteroatoms. The molecular formula is C15H29F2NO5S2. The molecule has 2 atom stereocenters. The van der Waals surface area contributed by atoms with Crippen molar-refractivity contribution >= 4 is 20.1 Å². The van der Waals surface area contributed by atoms with Gasteiger partial charge in [-0.05, 0) is 32.6 Å². The number of sulfonamides is 1. The van der Waals surface area contributed by atoms with Gasteiger partial charge < -0.3 is 0 Å². The maximum Gasteiger partial charge on any atom is 0.287 e. The van der Waals surface area contributed by atoms with Crippen LogP contribution in [-0.2, 0) is 20.1 Å². The Morgan fingerprint density at radius 3 is 1.80 bits per heavy atom. The minimum Gasteiger partial charge on any atom is -0.285 e. The van der Waals surface area contributed by atoms with E-state index in [1.807, 2.05) is 0 Å². The third-order valence-corrected chi connectivity index (χ3v) is 9.33. The summed E-state index contributed by atoms with van der Waals surface area (Å²) in [6, 6.07) is 0. The molecule has 0 aromatic rings. The fourth-order valence-corrected chi connectivity index (χ4v) is 6.62. The van der Waals surface area contributed by atoms with Crippen molar-refractivity contribution in [1.29, 1.82) is 0 Å². The molecule has 0 spiro atoms. The Morgan fingerprint density at radius 2 is 1.44 bits per heavy atom. The fraction of sp³-hybridized carbons (Fsp3) is 1.00. The Labute approximate surface area is 149 Å². The van der Waals surface area contributed by atoms with Crippen molar-refractivity contribution in [2.24, 2.45) is 0 Å². The Balaban J connectivity index is 3.38. The smallest absolute Gasteiger partial charge is 0.285 e. The summed E-state index contributed by atoms with van der Waals surface area (Å²) in [5, 5.41) is -2.46. The highest BCUT2D eigenvalue weighted by Gasteiger charge is 2.65. The molecule has 0 aromatic carbocycles. The van der Waals surface area contributed by atoms with Crippen molar-refractivity contribution < 1.29 is 30.2 Å². The van der Waals surface area contributed by atoms with E-state index in [-0.39, 0.29) is 13.1 Å². The Hall–Kier alpha value is -0.320. The second kappa shape index (κ2) is 8.14. The summed E-state index contributed by atoms with van der Waals surface area (Å²) in [7, 11) is -9.58. The summed E-state index contributed by atoms with van der Waals surface area (Å²) >= 11 is 0. The van der Waals surface area contributed by atoms with Gasteiger partial charge in [0.15, 0.2) is 5.25 Å². The van der Waals surface area contributed by atoms with Gasteiger partial charge in [0.05, 0.1) is 0 Å². The molecule has 0 radical (unpaired) electrons. The molecule has 150 valence electrons. The third kappa shape index (κ3) is 4.33. The largest absolute Gasteiger partial charge is 0.287 e. The topological polar surface area (TPSA) is 91.8 Å². The maximum absolute atomic E-state index is 15.1.